The van der Waals surface area contributed by atoms with Crippen molar-refractivity contribution in [3.05, 3.63) is 71.8 Å². The third kappa shape index (κ3) is 8.93. The first kappa shape index (κ1) is 22.8. The number of rotatable bonds is 9. The summed E-state index contributed by atoms with van der Waals surface area (Å²) in [5.74, 6) is -5.02. The van der Waals surface area contributed by atoms with Crippen LogP contribution in [0.1, 0.15) is 24.0 Å². The average molecular weight is 390 g/mol. The van der Waals surface area contributed by atoms with Crippen molar-refractivity contribution in [3.63, 3.8) is 0 Å². The zero-order valence-corrected chi connectivity index (χ0v) is 15.0. The van der Waals surface area contributed by atoms with Gasteiger partial charge in [-0.15, -0.1) is 0 Å². The van der Waals surface area contributed by atoms with Crippen LogP contribution in [0, 0.1) is 0 Å². The highest BCUT2D eigenvalue weighted by molar-refractivity contribution is 5.88. The van der Waals surface area contributed by atoms with E-state index in [0.29, 0.717) is 13.2 Å². The molecule has 0 atom stereocenters. The first-order valence-corrected chi connectivity index (χ1v) is 8.28. The highest BCUT2D eigenvalue weighted by atomic mass is 16.5. The Morgan fingerprint density at radius 2 is 1.07 bits per heavy atom. The minimum absolute atomic E-state index is 0.676. The second kappa shape index (κ2) is 11.5. The molecule has 28 heavy (non-hydrogen) atoms. The quantitative estimate of drug-likeness (QED) is 0.510. The Morgan fingerprint density at radius 1 is 0.714 bits per heavy atom. The first-order chi connectivity index (χ1) is 13.2. The third-order valence-corrected chi connectivity index (χ3v) is 3.51. The molecule has 150 valence electrons. The SMILES string of the molecule is O=C(O)CC(O)(CC(=O)O)C(=O)O.c1ccc(COCc2ccccc2)cc1. The van der Waals surface area contributed by atoms with E-state index >= 15 is 0 Å². The number of ether oxygens (including phenoxy) is 1. The fourth-order valence-corrected chi connectivity index (χ4v) is 2.15. The van der Waals surface area contributed by atoms with Crippen molar-refractivity contribution < 1.29 is 39.5 Å². The number of carboxylic acid groups (broad SMARTS) is 3. The van der Waals surface area contributed by atoms with E-state index in [-0.39, 0.29) is 0 Å². The van der Waals surface area contributed by atoms with Crippen LogP contribution in [0.5, 0.6) is 0 Å². The van der Waals surface area contributed by atoms with Gasteiger partial charge in [0, 0.05) is 0 Å². The van der Waals surface area contributed by atoms with Crippen LogP contribution in [-0.4, -0.2) is 43.9 Å². The zero-order valence-electron chi connectivity index (χ0n) is 15.0. The van der Waals surface area contributed by atoms with Crippen molar-refractivity contribution in [2.45, 2.75) is 31.7 Å². The Morgan fingerprint density at radius 3 is 1.36 bits per heavy atom. The van der Waals surface area contributed by atoms with Crippen molar-refractivity contribution in [2.24, 2.45) is 0 Å². The summed E-state index contributed by atoms with van der Waals surface area (Å²) in [6, 6.07) is 20.4. The molecule has 0 spiro atoms. The molecule has 0 saturated carbocycles. The van der Waals surface area contributed by atoms with Crippen molar-refractivity contribution in [1.82, 2.24) is 0 Å². The van der Waals surface area contributed by atoms with Crippen LogP contribution in [-0.2, 0) is 32.3 Å². The van der Waals surface area contributed by atoms with Crippen LogP contribution in [0.15, 0.2) is 60.7 Å². The number of hydrogen-bond acceptors (Lipinski definition) is 5. The molecule has 0 heterocycles. The molecule has 0 bridgehead atoms. The van der Waals surface area contributed by atoms with Crippen molar-refractivity contribution in [3.8, 4) is 0 Å². The minimum atomic E-state index is -2.74. The molecule has 0 aromatic heterocycles. The molecule has 8 heteroatoms. The largest absolute Gasteiger partial charge is 0.481 e. The van der Waals surface area contributed by atoms with Gasteiger partial charge in [-0.25, -0.2) is 4.79 Å². The van der Waals surface area contributed by atoms with Crippen molar-refractivity contribution in [1.29, 1.82) is 0 Å². The van der Waals surface area contributed by atoms with Gasteiger partial charge in [0.15, 0.2) is 5.60 Å². The van der Waals surface area contributed by atoms with E-state index in [0.717, 1.165) is 0 Å². The molecular formula is C20H22O8. The number of carboxylic acids is 3. The van der Waals surface area contributed by atoms with Gasteiger partial charge in [-0.1, -0.05) is 60.7 Å². The molecular weight excluding hydrogens is 368 g/mol. The lowest BCUT2D eigenvalue weighted by atomic mass is 9.96. The maximum absolute atomic E-state index is 10.3. The predicted molar refractivity (Wildman–Crippen MR) is 98.5 cm³/mol. The molecule has 0 aliphatic heterocycles. The maximum Gasteiger partial charge on any atom is 0.336 e. The Hall–Kier alpha value is -3.23. The van der Waals surface area contributed by atoms with E-state index in [1.165, 1.54) is 11.1 Å². The fraction of sp³-hybridized carbons (Fsp3) is 0.250. The van der Waals surface area contributed by atoms with Crippen LogP contribution >= 0.6 is 0 Å². The van der Waals surface area contributed by atoms with Gasteiger partial charge in [0.25, 0.3) is 0 Å². The van der Waals surface area contributed by atoms with Gasteiger partial charge in [0.1, 0.15) is 0 Å². The number of benzene rings is 2. The number of aliphatic carboxylic acids is 3. The van der Waals surface area contributed by atoms with E-state index in [4.69, 9.17) is 25.2 Å². The van der Waals surface area contributed by atoms with Crippen LogP contribution in [0.3, 0.4) is 0 Å². The minimum Gasteiger partial charge on any atom is -0.481 e. The summed E-state index contributed by atoms with van der Waals surface area (Å²) in [6.45, 7) is 1.35. The van der Waals surface area contributed by atoms with E-state index in [9.17, 15) is 14.4 Å². The normalized spacial score (nSPS) is 10.5. The molecule has 2 aromatic rings. The lowest BCUT2D eigenvalue weighted by Crippen LogP contribution is -2.42. The Kier molecular flexibility index (Phi) is 9.35. The molecule has 0 aliphatic carbocycles. The maximum atomic E-state index is 10.3. The molecule has 4 N–H and O–H groups in total. The Balaban J connectivity index is 0.000000284. The summed E-state index contributed by atoms with van der Waals surface area (Å²) in [5.41, 5.74) is -0.306. The van der Waals surface area contributed by atoms with E-state index in [1.807, 2.05) is 36.4 Å². The van der Waals surface area contributed by atoms with Crippen LogP contribution in [0.4, 0.5) is 0 Å². The number of carbonyl (C=O) groups is 3. The molecule has 0 unspecified atom stereocenters. The van der Waals surface area contributed by atoms with Gasteiger partial charge < -0.3 is 25.2 Å². The molecule has 0 saturated heterocycles. The zero-order chi connectivity index (χ0) is 21.0. The van der Waals surface area contributed by atoms with Crippen LogP contribution < -0.4 is 0 Å². The highest BCUT2D eigenvalue weighted by Gasteiger charge is 2.40. The predicted octanol–water partition coefficient (Wildman–Crippen LogP) is 2.15. The standard InChI is InChI=1S/C14H14O.C6H8O7/c1-3-7-13(8-4-1)11-15-12-14-9-5-2-6-10-14;7-3(8)1-6(13,5(11)12)2-4(9)10/h1-10H,11-12H2;13H,1-2H2,(H,7,8)(H,9,10)(H,11,12). The molecule has 8 nitrogen and oxygen atoms in total. The first-order valence-electron chi connectivity index (χ1n) is 8.28. The molecule has 0 radical (unpaired) electrons. The van der Waals surface area contributed by atoms with Gasteiger partial charge in [-0.2, -0.15) is 0 Å². The smallest absolute Gasteiger partial charge is 0.336 e. The third-order valence-electron chi connectivity index (χ3n) is 3.51. The van der Waals surface area contributed by atoms with Crippen LogP contribution in [0.2, 0.25) is 0 Å². The summed E-state index contributed by atoms with van der Waals surface area (Å²) in [7, 11) is 0. The lowest BCUT2D eigenvalue weighted by molar-refractivity contribution is -0.170. The topological polar surface area (TPSA) is 141 Å². The summed E-state index contributed by atoms with van der Waals surface area (Å²) in [6.07, 6.45) is -2.29. The van der Waals surface area contributed by atoms with Gasteiger partial charge in [0.2, 0.25) is 0 Å². The van der Waals surface area contributed by atoms with E-state index < -0.39 is 36.4 Å². The Labute approximate surface area is 161 Å². The monoisotopic (exact) mass is 390 g/mol. The van der Waals surface area contributed by atoms with Crippen LogP contribution in [0.25, 0.3) is 0 Å². The molecule has 2 aromatic carbocycles. The highest BCUT2D eigenvalue weighted by Crippen LogP contribution is 2.15. The van der Waals surface area contributed by atoms with Crippen molar-refractivity contribution in [2.75, 3.05) is 0 Å². The molecule has 0 fully saturated rings. The summed E-state index contributed by atoms with van der Waals surface area (Å²) in [4.78, 5) is 30.5. The van der Waals surface area contributed by atoms with Gasteiger partial charge in [-0.05, 0) is 11.1 Å². The van der Waals surface area contributed by atoms with E-state index in [2.05, 4.69) is 24.3 Å². The molecule has 0 amide bonds. The summed E-state index contributed by atoms with van der Waals surface area (Å²) < 4.78 is 5.61. The summed E-state index contributed by atoms with van der Waals surface area (Å²) in [5, 5.41) is 33.8. The van der Waals surface area contributed by atoms with Crippen molar-refractivity contribution >= 4 is 17.9 Å². The molecule has 2 rings (SSSR count). The summed E-state index contributed by atoms with van der Waals surface area (Å²) >= 11 is 0. The number of hydrogen-bond donors (Lipinski definition) is 4. The second-order valence-electron chi connectivity index (χ2n) is 5.94. The van der Waals surface area contributed by atoms with Gasteiger partial charge in [0.05, 0.1) is 26.1 Å². The average Bonchev–Trinajstić information content (AvgIpc) is 2.62. The second-order valence-corrected chi connectivity index (χ2v) is 5.94. The van der Waals surface area contributed by atoms with Gasteiger partial charge in [-0.3, -0.25) is 9.59 Å². The fourth-order valence-electron chi connectivity index (χ4n) is 2.15. The number of aliphatic hydroxyl groups is 1. The van der Waals surface area contributed by atoms with Gasteiger partial charge >= 0.3 is 17.9 Å². The Bertz CT molecular complexity index is 703. The van der Waals surface area contributed by atoms with E-state index in [1.54, 1.807) is 0 Å². The lowest BCUT2D eigenvalue weighted by Gasteiger charge is -2.18. The molecule has 0 aliphatic rings.